The van der Waals surface area contributed by atoms with E-state index in [1.54, 1.807) is 18.2 Å². The number of carbonyl (C=O) groups excluding carboxylic acids is 2. The number of hydrogen-bond donors (Lipinski definition) is 1. The molecule has 0 fully saturated rings. The van der Waals surface area contributed by atoms with E-state index in [0.717, 1.165) is 5.56 Å². The zero-order chi connectivity index (χ0) is 26.1. The Balaban J connectivity index is 1.94. The van der Waals surface area contributed by atoms with Crippen LogP contribution in [0.2, 0.25) is 10.0 Å². The van der Waals surface area contributed by atoms with Gasteiger partial charge < -0.3 is 15.0 Å². The molecule has 0 aliphatic carbocycles. The van der Waals surface area contributed by atoms with Crippen LogP contribution in [0.15, 0.2) is 72.8 Å². The van der Waals surface area contributed by atoms with Crippen molar-refractivity contribution < 1.29 is 18.7 Å². The number of nitrogens with zero attached hydrogens (tertiary/aromatic N) is 1. The van der Waals surface area contributed by atoms with Gasteiger partial charge in [-0.05, 0) is 47.9 Å². The molecule has 3 aromatic carbocycles. The average molecular weight is 531 g/mol. The number of carbonyl (C=O) groups is 2. The monoisotopic (exact) mass is 530 g/mol. The summed E-state index contributed by atoms with van der Waals surface area (Å²) in [4.78, 5) is 28.4. The summed E-state index contributed by atoms with van der Waals surface area (Å²) >= 11 is 12.8. The summed E-state index contributed by atoms with van der Waals surface area (Å²) in [6.07, 6.45) is 0.287. The Hall–Kier alpha value is -3.09. The normalized spacial score (nSPS) is 11.7. The minimum atomic E-state index is -0.845. The molecule has 36 heavy (non-hydrogen) atoms. The molecule has 0 spiro atoms. The number of amides is 2. The lowest BCUT2D eigenvalue weighted by Gasteiger charge is -2.32. The molecule has 0 aliphatic heterocycles. The molecule has 1 N–H and O–H groups in total. The number of halogens is 3. The van der Waals surface area contributed by atoms with Crippen molar-refractivity contribution in [2.75, 3.05) is 13.2 Å². The van der Waals surface area contributed by atoms with E-state index in [-0.39, 0.29) is 31.4 Å². The lowest BCUT2D eigenvalue weighted by Crippen LogP contribution is -2.52. The molecule has 0 aliphatic rings. The fourth-order valence-electron chi connectivity index (χ4n) is 3.59. The Bertz CT molecular complexity index is 1140. The van der Waals surface area contributed by atoms with Gasteiger partial charge in [-0.25, -0.2) is 4.39 Å². The Labute approximate surface area is 221 Å². The maximum atomic E-state index is 13.5. The topological polar surface area (TPSA) is 58.6 Å². The lowest BCUT2D eigenvalue weighted by molar-refractivity contribution is -0.142. The summed E-state index contributed by atoms with van der Waals surface area (Å²) in [5, 5.41) is 3.73. The Morgan fingerprint density at radius 1 is 0.944 bits per heavy atom. The first-order chi connectivity index (χ1) is 17.2. The van der Waals surface area contributed by atoms with Crippen LogP contribution in [-0.4, -0.2) is 35.9 Å². The highest BCUT2D eigenvalue weighted by atomic mass is 35.5. The second-order valence-corrected chi connectivity index (χ2v) is 9.62. The van der Waals surface area contributed by atoms with Gasteiger partial charge in [0.25, 0.3) is 5.91 Å². The van der Waals surface area contributed by atoms with Gasteiger partial charge in [0.15, 0.2) is 6.61 Å². The van der Waals surface area contributed by atoms with Gasteiger partial charge in [-0.1, -0.05) is 73.4 Å². The van der Waals surface area contributed by atoms with Gasteiger partial charge in [-0.15, -0.1) is 0 Å². The van der Waals surface area contributed by atoms with Crippen LogP contribution in [0.3, 0.4) is 0 Å². The third-order valence-electron chi connectivity index (χ3n) is 5.52. The molecular weight excluding hydrogens is 502 g/mol. The fourth-order valence-corrected chi connectivity index (χ4v) is 4.11. The van der Waals surface area contributed by atoms with Crippen molar-refractivity contribution in [2.45, 2.75) is 32.9 Å². The quantitative estimate of drug-likeness (QED) is 0.334. The highest BCUT2D eigenvalue weighted by molar-refractivity contribution is 6.36. The molecule has 0 unspecified atom stereocenters. The van der Waals surface area contributed by atoms with Gasteiger partial charge >= 0.3 is 0 Å². The first-order valence-corrected chi connectivity index (χ1v) is 12.4. The molecule has 2 amide bonds. The van der Waals surface area contributed by atoms with E-state index < -0.39 is 17.8 Å². The van der Waals surface area contributed by atoms with Crippen molar-refractivity contribution in [3.8, 4) is 5.75 Å². The zero-order valence-electron chi connectivity index (χ0n) is 20.2. The van der Waals surface area contributed by atoms with Crippen molar-refractivity contribution in [1.29, 1.82) is 0 Å². The molecule has 190 valence electrons. The van der Waals surface area contributed by atoms with Crippen LogP contribution in [0.5, 0.6) is 5.75 Å². The van der Waals surface area contributed by atoms with Gasteiger partial charge in [-0.3, -0.25) is 9.59 Å². The maximum absolute atomic E-state index is 13.5. The van der Waals surface area contributed by atoms with Crippen LogP contribution < -0.4 is 10.1 Å². The van der Waals surface area contributed by atoms with Crippen LogP contribution in [0, 0.1) is 11.7 Å². The first kappa shape index (κ1) is 27.5. The number of hydrogen-bond acceptors (Lipinski definition) is 3. The summed E-state index contributed by atoms with van der Waals surface area (Å²) in [5.41, 5.74) is 1.43. The fraction of sp³-hybridized carbons (Fsp3) is 0.286. The lowest BCUT2D eigenvalue weighted by atomic mass is 10.0. The Kier molecular flexibility index (Phi) is 10.1. The Morgan fingerprint density at radius 3 is 2.19 bits per heavy atom. The molecule has 0 saturated carbocycles. The predicted molar refractivity (Wildman–Crippen MR) is 141 cm³/mol. The van der Waals surface area contributed by atoms with Crippen molar-refractivity contribution in [3.05, 3.63) is 99.8 Å². The number of ether oxygens (including phenoxy) is 1. The third kappa shape index (κ3) is 7.97. The molecule has 8 heteroatoms. The number of nitrogens with one attached hydrogen (secondary N) is 1. The third-order valence-corrected chi connectivity index (χ3v) is 6.23. The van der Waals surface area contributed by atoms with Gasteiger partial charge in [-0.2, -0.15) is 0 Å². The van der Waals surface area contributed by atoms with E-state index in [2.05, 4.69) is 5.32 Å². The van der Waals surface area contributed by atoms with Crippen molar-refractivity contribution in [2.24, 2.45) is 5.92 Å². The summed E-state index contributed by atoms with van der Waals surface area (Å²) in [7, 11) is 0. The van der Waals surface area contributed by atoms with E-state index >= 15 is 0 Å². The molecule has 5 nitrogen and oxygen atoms in total. The predicted octanol–water partition coefficient (Wildman–Crippen LogP) is 5.92. The van der Waals surface area contributed by atoms with Gasteiger partial charge in [0.05, 0.1) is 0 Å². The molecular formula is C28H29Cl2FN2O3. The summed E-state index contributed by atoms with van der Waals surface area (Å²) in [5.74, 6) is -0.560. The molecule has 3 aromatic rings. The van der Waals surface area contributed by atoms with Crippen LogP contribution in [0.25, 0.3) is 0 Å². The van der Waals surface area contributed by atoms with Crippen molar-refractivity contribution in [1.82, 2.24) is 10.2 Å². The Morgan fingerprint density at radius 2 is 1.58 bits per heavy atom. The van der Waals surface area contributed by atoms with Crippen molar-refractivity contribution >= 4 is 35.0 Å². The summed E-state index contributed by atoms with van der Waals surface area (Å²) < 4.78 is 18.9. The SMILES string of the molecule is CC(C)CNC(=O)[C@H](Cc1ccccc1)N(Cc1c(Cl)cccc1Cl)C(=O)COc1ccc(F)cc1. The van der Waals surface area contributed by atoms with E-state index in [4.69, 9.17) is 27.9 Å². The van der Waals surface area contributed by atoms with Gasteiger partial charge in [0.2, 0.25) is 5.91 Å². The number of rotatable bonds is 11. The highest BCUT2D eigenvalue weighted by Crippen LogP contribution is 2.27. The van der Waals surface area contributed by atoms with E-state index in [1.807, 2.05) is 44.2 Å². The summed E-state index contributed by atoms with van der Waals surface area (Å²) in [6.45, 7) is 4.11. The second kappa shape index (κ2) is 13.3. The standard InChI is InChI=1S/C28H29Cl2FN2O3/c1-19(2)16-32-28(35)26(15-20-7-4-3-5-8-20)33(17-23-24(29)9-6-10-25(23)30)27(34)18-36-22-13-11-21(31)12-14-22/h3-14,19,26H,15-18H2,1-2H3,(H,32,35)/t26-/m0/s1. The minimum Gasteiger partial charge on any atom is -0.484 e. The maximum Gasteiger partial charge on any atom is 0.261 e. The van der Waals surface area contributed by atoms with Crippen LogP contribution in [0.4, 0.5) is 4.39 Å². The molecule has 0 radical (unpaired) electrons. The van der Waals surface area contributed by atoms with Gasteiger partial charge in [0, 0.05) is 35.1 Å². The molecule has 0 saturated heterocycles. The molecule has 0 heterocycles. The summed E-state index contributed by atoms with van der Waals surface area (Å²) in [6, 6.07) is 19.1. The molecule has 3 rings (SSSR count). The van der Waals surface area contributed by atoms with Crippen LogP contribution in [-0.2, 0) is 22.6 Å². The largest absolute Gasteiger partial charge is 0.484 e. The van der Waals surface area contributed by atoms with Crippen LogP contribution >= 0.6 is 23.2 Å². The zero-order valence-corrected chi connectivity index (χ0v) is 21.7. The average Bonchev–Trinajstić information content (AvgIpc) is 2.86. The van der Waals surface area contributed by atoms with E-state index in [0.29, 0.717) is 27.9 Å². The van der Waals surface area contributed by atoms with Crippen molar-refractivity contribution in [3.63, 3.8) is 0 Å². The van der Waals surface area contributed by atoms with E-state index in [9.17, 15) is 14.0 Å². The minimum absolute atomic E-state index is 0.0106. The second-order valence-electron chi connectivity index (χ2n) is 8.81. The van der Waals surface area contributed by atoms with E-state index in [1.165, 1.54) is 29.2 Å². The number of benzene rings is 3. The molecule has 0 bridgehead atoms. The smallest absolute Gasteiger partial charge is 0.261 e. The van der Waals surface area contributed by atoms with Crippen LogP contribution in [0.1, 0.15) is 25.0 Å². The highest BCUT2D eigenvalue weighted by Gasteiger charge is 2.31. The molecule has 1 atom stereocenters. The van der Waals surface area contributed by atoms with Gasteiger partial charge in [0.1, 0.15) is 17.6 Å². The first-order valence-electron chi connectivity index (χ1n) is 11.7. The molecule has 0 aromatic heterocycles.